The van der Waals surface area contributed by atoms with Gasteiger partial charge in [0.1, 0.15) is 5.75 Å². The molecule has 1 aliphatic heterocycles. The van der Waals surface area contributed by atoms with Gasteiger partial charge in [0, 0.05) is 25.2 Å². The van der Waals surface area contributed by atoms with Crippen molar-refractivity contribution in [1.82, 2.24) is 10.2 Å². The summed E-state index contributed by atoms with van der Waals surface area (Å²) in [7, 11) is 1.60. The Balaban J connectivity index is 1.67. The van der Waals surface area contributed by atoms with Crippen molar-refractivity contribution in [2.75, 3.05) is 40.0 Å². The van der Waals surface area contributed by atoms with Gasteiger partial charge in [0.25, 0.3) is 5.91 Å². The van der Waals surface area contributed by atoms with Crippen molar-refractivity contribution < 1.29 is 14.3 Å². The first-order chi connectivity index (χ1) is 11.8. The lowest BCUT2D eigenvalue weighted by molar-refractivity contribution is 0.0163. The number of benzene rings is 1. The normalized spacial score (nSPS) is 16.5. The molecule has 24 heavy (non-hydrogen) atoms. The minimum atomic E-state index is -0.0811. The van der Waals surface area contributed by atoms with Crippen LogP contribution in [0.4, 0.5) is 0 Å². The average Bonchev–Trinajstić information content (AvgIpc) is 3.17. The predicted octanol–water partition coefficient (Wildman–Crippen LogP) is 2.56. The van der Waals surface area contributed by atoms with Crippen molar-refractivity contribution in [3.63, 3.8) is 0 Å². The topological polar surface area (TPSA) is 50.8 Å². The maximum absolute atomic E-state index is 12.5. The highest BCUT2D eigenvalue weighted by Crippen LogP contribution is 2.23. The quantitative estimate of drug-likeness (QED) is 0.873. The fraction of sp³-hybridized carbons (Fsp3) is 0.389. The van der Waals surface area contributed by atoms with Crippen LogP contribution >= 0.6 is 11.3 Å². The lowest BCUT2D eigenvalue weighted by Gasteiger charge is -2.34. The third-order valence-corrected chi connectivity index (χ3v) is 4.90. The van der Waals surface area contributed by atoms with Crippen LogP contribution in [0.15, 0.2) is 41.1 Å². The SMILES string of the molecule is COc1cccc(C(=O)NC[C@H](c2ccsc2)N2CCOCC2)c1. The zero-order chi connectivity index (χ0) is 16.8. The summed E-state index contributed by atoms with van der Waals surface area (Å²) in [6.45, 7) is 3.83. The first-order valence-corrected chi connectivity index (χ1v) is 8.98. The number of rotatable bonds is 6. The zero-order valence-corrected chi connectivity index (χ0v) is 14.6. The van der Waals surface area contributed by atoms with Gasteiger partial charge in [0.2, 0.25) is 0 Å². The standard InChI is InChI=1S/C18H22N2O3S/c1-22-16-4-2-3-14(11-16)18(21)19-12-17(15-5-10-24-13-15)20-6-8-23-9-7-20/h2-5,10-11,13,17H,6-9,12H2,1H3,(H,19,21)/t17-/m1/s1. The lowest BCUT2D eigenvalue weighted by Crippen LogP contribution is -2.43. The van der Waals surface area contributed by atoms with Crippen LogP contribution in [0.5, 0.6) is 5.75 Å². The molecule has 6 heteroatoms. The molecule has 1 fully saturated rings. The summed E-state index contributed by atoms with van der Waals surface area (Å²) in [6.07, 6.45) is 0. The van der Waals surface area contributed by atoms with E-state index in [2.05, 4.69) is 27.0 Å². The summed E-state index contributed by atoms with van der Waals surface area (Å²) in [5.74, 6) is 0.604. The molecule has 2 heterocycles. The molecule has 0 unspecified atom stereocenters. The van der Waals surface area contributed by atoms with Gasteiger partial charge in [-0.2, -0.15) is 11.3 Å². The molecule has 0 saturated carbocycles. The zero-order valence-electron chi connectivity index (χ0n) is 13.7. The maximum Gasteiger partial charge on any atom is 0.251 e. The van der Waals surface area contributed by atoms with Crippen LogP contribution in [0.3, 0.4) is 0 Å². The predicted molar refractivity (Wildman–Crippen MR) is 94.8 cm³/mol. The van der Waals surface area contributed by atoms with E-state index in [4.69, 9.17) is 9.47 Å². The van der Waals surface area contributed by atoms with Crippen molar-refractivity contribution in [3.8, 4) is 5.75 Å². The van der Waals surface area contributed by atoms with Gasteiger partial charge in [-0.15, -0.1) is 0 Å². The van der Waals surface area contributed by atoms with Crippen LogP contribution in [-0.2, 0) is 4.74 Å². The van der Waals surface area contributed by atoms with Crippen LogP contribution in [-0.4, -0.2) is 50.8 Å². The van der Waals surface area contributed by atoms with Gasteiger partial charge < -0.3 is 14.8 Å². The van der Waals surface area contributed by atoms with Gasteiger partial charge in [0.15, 0.2) is 0 Å². The van der Waals surface area contributed by atoms with E-state index >= 15 is 0 Å². The van der Waals surface area contributed by atoms with E-state index in [-0.39, 0.29) is 11.9 Å². The van der Waals surface area contributed by atoms with E-state index < -0.39 is 0 Å². The first-order valence-electron chi connectivity index (χ1n) is 8.04. The Bertz CT molecular complexity index is 654. The summed E-state index contributed by atoms with van der Waals surface area (Å²) >= 11 is 1.68. The molecule has 0 bridgehead atoms. The lowest BCUT2D eigenvalue weighted by atomic mass is 10.1. The highest BCUT2D eigenvalue weighted by atomic mass is 32.1. The molecule has 1 amide bonds. The number of nitrogens with zero attached hydrogens (tertiary/aromatic N) is 1. The molecule has 1 aliphatic rings. The Morgan fingerprint density at radius 2 is 2.21 bits per heavy atom. The molecule has 2 aromatic rings. The fourth-order valence-electron chi connectivity index (χ4n) is 2.87. The number of nitrogens with one attached hydrogen (secondary N) is 1. The van der Waals surface area contributed by atoms with E-state index in [1.54, 1.807) is 30.6 Å². The first kappa shape index (κ1) is 17.0. The van der Waals surface area contributed by atoms with Crippen LogP contribution in [0.1, 0.15) is 22.0 Å². The smallest absolute Gasteiger partial charge is 0.251 e. The largest absolute Gasteiger partial charge is 0.497 e. The number of carbonyl (C=O) groups excluding carboxylic acids is 1. The number of hydrogen-bond acceptors (Lipinski definition) is 5. The monoisotopic (exact) mass is 346 g/mol. The summed E-state index contributed by atoms with van der Waals surface area (Å²) in [5, 5.41) is 7.29. The van der Waals surface area contributed by atoms with Crippen molar-refractivity contribution in [2.24, 2.45) is 0 Å². The maximum atomic E-state index is 12.5. The van der Waals surface area contributed by atoms with Crippen molar-refractivity contribution >= 4 is 17.2 Å². The molecule has 1 aromatic carbocycles. The van der Waals surface area contributed by atoms with E-state index in [0.29, 0.717) is 17.9 Å². The highest BCUT2D eigenvalue weighted by Gasteiger charge is 2.23. The van der Waals surface area contributed by atoms with Gasteiger partial charge in [-0.25, -0.2) is 0 Å². The van der Waals surface area contributed by atoms with Crippen molar-refractivity contribution in [3.05, 3.63) is 52.2 Å². The molecule has 5 nitrogen and oxygen atoms in total. The van der Waals surface area contributed by atoms with Gasteiger partial charge in [-0.3, -0.25) is 9.69 Å². The molecular formula is C18H22N2O3S. The summed E-state index contributed by atoms with van der Waals surface area (Å²) in [4.78, 5) is 14.8. The second-order valence-corrected chi connectivity index (χ2v) is 6.44. The summed E-state index contributed by atoms with van der Waals surface area (Å²) in [6, 6.07) is 9.51. The van der Waals surface area contributed by atoms with Gasteiger partial charge in [0.05, 0.1) is 26.4 Å². The Labute approximate surface area is 146 Å². The molecule has 0 aliphatic carbocycles. The number of morpholine rings is 1. The number of hydrogen-bond donors (Lipinski definition) is 1. The molecule has 3 rings (SSSR count). The van der Waals surface area contributed by atoms with Crippen LogP contribution in [0, 0.1) is 0 Å². The molecule has 1 N–H and O–H groups in total. The second-order valence-electron chi connectivity index (χ2n) is 5.66. The van der Waals surface area contributed by atoms with Crippen molar-refractivity contribution in [1.29, 1.82) is 0 Å². The van der Waals surface area contributed by atoms with E-state index in [0.717, 1.165) is 26.3 Å². The third kappa shape index (κ3) is 4.14. The molecule has 1 atom stereocenters. The second kappa shape index (κ2) is 8.28. The van der Waals surface area contributed by atoms with Gasteiger partial charge in [-0.05, 0) is 40.6 Å². The van der Waals surface area contributed by atoms with Gasteiger partial charge in [-0.1, -0.05) is 6.07 Å². The minimum Gasteiger partial charge on any atom is -0.497 e. The number of ether oxygens (including phenoxy) is 2. The Kier molecular flexibility index (Phi) is 5.85. The fourth-order valence-corrected chi connectivity index (χ4v) is 3.57. The Morgan fingerprint density at radius 1 is 1.38 bits per heavy atom. The Morgan fingerprint density at radius 3 is 2.92 bits per heavy atom. The van der Waals surface area contributed by atoms with Crippen LogP contribution in [0.2, 0.25) is 0 Å². The molecule has 0 spiro atoms. The minimum absolute atomic E-state index is 0.0811. The molecule has 1 aromatic heterocycles. The molecule has 0 radical (unpaired) electrons. The molecule has 1 saturated heterocycles. The Hall–Kier alpha value is -1.89. The number of thiophene rings is 1. The molecular weight excluding hydrogens is 324 g/mol. The van der Waals surface area contributed by atoms with Crippen LogP contribution in [0.25, 0.3) is 0 Å². The highest BCUT2D eigenvalue weighted by molar-refractivity contribution is 7.07. The van der Waals surface area contributed by atoms with E-state index in [1.807, 2.05) is 12.1 Å². The number of carbonyl (C=O) groups is 1. The van der Waals surface area contributed by atoms with E-state index in [1.165, 1.54) is 5.56 Å². The number of methoxy groups -OCH3 is 1. The van der Waals surface area contributed by atoms with E-state index in [9.17, 15) is 4.79 Å². The number of amides is 1. The van der Waals surface area contributed by atoms with Crippen LogP contribution < -0.4 is 10.1 Å². The summed E-state index contributed by atoms with van der Waals surface area (Å²) < 4.78 is 10.6. The summed E-state index contributed by atoms with van der Waals surface area (Å²) in [5.41, 5.74) is 1.85. The van der Waals surface area contributed by atoms with Crippen molar-refractivity contribution in [2.45, 2.75) is 6.04 Å². The average molecular weight is 346 g/mol. The molecule has 128 valence electrons. The van der Waals surface area contributed by atoms with Gasteiger partial charge >= 0.3 is 0 Å². The third-order valence-electron chi connectivity index (χ3n) is 4.20.